The fourth-order valence-electron chi connectivity index (χ4n) is 1.26. The molecule has 0 amide bonds. The molecule has 0 saturated carbocycles. The van der Waals surface area contributed by atoms with Crippen molar-refractivity contribution < 1.29 is 14.2 Å². The lowest BCUT2D eigenvalue weighted by atomic mass is 10.3. The molecular weight excluding hydrogens is 256 g/mol. The van der Waals surface area contributed by atoms with Gasteiger partial charge in [-0.2, -0.15) is 0 Å². The summed E-state index contributed by atoms with van der Waals surface area (Å²) in [6, 6.07) is 1.76. The van der Waals surface area contributed by atoms with Crippen LogP contribution in [0.15, 0.2) is 12.3 Å². The summed E-state index contributed by atoms with van der Waals surface area (Å²) in [6.07, 6.45) is 2.44. The number of nitrogens with zero attached hydrogens (tertiary/aromatic N) is 1. The average Bonchev–Trinajstić information content (AvgIpc) is 2.39. The highest BCUT2D eigenvalue weighted by atomic mass is 35.5. The molecule has 0 saturated heterocycles. The SMILES string of the molecule is COCCOCCCOc1ncc(CN)cc1Cl. The Morgan fingerprint density at radius 3 is 2.78 bits per heavy atom. The van der Waals surface area contributed by atoms with Crippen molar-refractivity contribution in [2.45, 2.75) is 13.0 Å². The molecule has 0 bridgehead atoms. The maximum atomic E-state index is 6.00. The Kier molecular flexibility index (Phi) is 7.68. The van der Waals surface area contributed by atoms with Crippen molar-refractivity contribution in [1.82, 2.24) is 4.98 Å². The Hall–Kier alpha value is -0.880. The van der Waals surface area contributed by atoms with Crippen molar-refractivity contribution in [3.05, 3.63) is 22.8 Å². The van der Waals surface area contributed by atoms with Crippen LogP contribution in [0.4, 0.5) is 0 Å². The highest BCUT2D eigenvalue weighted by Gasteiger charge is 2.04. The number of methoxy groups -OCH3 is 1. The summed E-state index contributed by atoms with van der Waals surface area (Å²) in [5.74, 6) is 0.436. The van der Waals surface area contributed by atoms with Gasteiger partial charge >= 0.3 is 0 Å². The van der Waals surface area contributed by atoms with Crippen LogP contribution in [0.25, 0.3) is 0 Å². The zero-order chi connectivity index (χ0) is 13.2. The van der Waals surface area contributed by atoms with E-state index in [0.717, 1.165) is 12.0 Å². The zero-order valence-electron chi connectivity index (χ0n) is 10.5. The van der Waals surface area contributed by atoms with Crippen LogP contribution in [0.1, 0.15) is 12.0 Å². The number of nitrogens with two attached hydrogens (primary N) is 1. The van der Waals surface area contributed by atoms with Crippen molar-refractivity contribution in [1.29, 1.82) is 0 Å². The molecule has 1 heterocycles. The maximum absolute atomic E-state index is 6.00. The molecule has 0 fully saturated rings. The Bertz CT molecular complexity index is 350. The van der Waals surface area contributed by atoms with E-state index in [9.17, 15) is 0 Å². The zero-order valence-corrected chi connectivity index (χ0v) is 11.3. The van der Waals surface area contributed by atoms with Crippen LogP contribution in [0.3, 0.4) is 0 Å². The van der Waals surface area contributed by atoms with Gasteiger partial charge in [-0.15, -0.1) is 0 Å². The van der Waals surface area contributed by atoms with Crippen molar-refractivity contribution in [2.24, 2.45) is 5.73 Å². The van der Waals surface area contributed by atoms with Crippen LogP contribution in [-0.4, -0.2) is 38.5 Å². The molecule has 0 aliphatic carbocycles. The summed E-state index contributed by atoms with van der Waals surface area (Å²) in [7, 11) is 1.64. The Balaban J connectivity index is 2.19. The second-order valence-electron chi connectivity index (χ2n) is 3.64. The first-order chi connectivity index (χ1) is 8.77. The molecule has 18 heavy (non-hydrogen) atoms. The molecule has 2 N–H and O–H groups in total. The number of rotatable bonds is 9. The number of pyridine rings is 1. The van der Waals surface area contributed by atoms with Crippen LogP contribution in [0, 0.1) is 0 Å². The molecule has 0 aliphatic rings. The molecule has 1 aromatic rings. The predicted octanol–water partition coefficient (Wildman–Crippen LogP) is 1.63. The second kappa shape index (κ2) is 9.10. The number of ether oxygens (including phenoxy) is 3. The van der Waals surface area contributed by atoms with Crippen molar-refractivity contribution in [3.8, 4) is 5.88 Å². The lowest BCUT2D eigenvalue weighted by Gasteiger charge is -2.08. The molecule has 0 radical (unpaired) electrons. The highest BCUT2D eigenvalue weighted by Crippen LogP contribution is 2.22. The van der Waals surface area contributed by atoms with Crippen molar-refractivity contribution >= 4 is 11.6 Å². The number of aromatic nitrogens is 1. The monoisotopic (exact) mass is 274 g/mol. The van der Waals surface area contributed by atoms with Gasteiger partial charge < -0.3 is 19.9 Å². The molecule has 5 nitrogen and oxygen atoms in total. The van der Waals surface area contributed by atoms with Crippen molar-refractivity contribution in [3.63, 3.8) is 0 Å². The fraction of sp³-hybridized carbons (Fsp3) is 0.583. The first-order valence-electron chi connectivity index (χ1n) is 5.82. The molecule has 0 aliphatic heterocycles. The molecule has 0 unspecified atom stereocenters. The van der Waals surface area contributed by atoms with Gasteiger partial charge in [-0.3, -0.25) is 0 Å². The van der Waals surface area contributed by atoms with Gasteiger partial charge in [0.2, 0.25) is 5.88 Å². The minimum atomic E-state index is 0.417. The molecule has 1 rings (SSSR count). The Morgan fingerprint density at radius 2 is 2.11 bits per heavy atom. The number of hydrogen-bond acceptors (Lipinski definition) is 5. The van der Waals surface area contributed by atoms with Gasteiger partial charge in [0.1, 0.15) is 5.02 Å². The quantitative estimate of drug-likeness (QED) is 0.693. The van der Waals surface area contributed by atoms with Crippen LogP contribution in [0.5, 0.6) is 5.88 Å². The summed E-state index contributed by atoms with van der Waals surface area (Å²) in [6.45, 7) is 2.76. The van der Waals surface area contributed by atoms with Crippen LogP contribution >= 0.6 is 11.6 Å². The van der Waals surface area contributed by atoms with E-state index >= 15 is 0 Å². The molecule has 102 valence electrons. The molecule has 0 atom stereocenters. The van der Waals surface area contributed by atoms with Crippen LogP contribution in [-0.2, 0) is 16.0 Å². The summed E-state index contributed by atoms with van der Waals surface area (Å²) < 4.78 is 15.6. The van der Waals surface area contributed by atoms with Gasteiger partial charge in [-0.05, 0) is 11.6 Å². The second-order valence-corrected chi connectivity index (χ2v) is 4.05. The molecular formula is C12H19ClN2O3. The molecule has 0 aromatic carbocycles. The lowest BCUT2D eigenvalue weighted by Crippen LogP contribution is -2.07. The van der Waals surface area contributed by atoms with E-state index in [4.69, 9.17) is 31.5 Å². The van der Waals surface area contributed by atoms with E-state index in [0.29, 0.717) is 43.9 Å². The number of hydrogen-bond donors (Lipinski definition) is 1. The van der Waals surface area contributed by atoms with Crippen LogP contribution in [0.2, 0.25) is 5.02 Å². The largest absolute Gasteiger partial charge is 0.477 e. The predicted molar refractivity (Wildman–Crippen MR) is 69.9 cm³/mol. The first kappa shape index (κ1) is 15.2. The van der Waals surface area contributed by atoms with Gasteiger partial charge in [-0.1, -0.05) is 11.6 Å². The third kappa shape index (κ3) is 5.64. The summed E-state index contributed by atoms with van der Waals surface area (Å²) in [5, 5.41) is 0.484. The average molecular weight is 275 g/mol. The van der Waals surface area contributed by atoms with Crippen LogP contribution < -0.4 is 10.5 Å². The minimum absolute atomic E-state index is 0.417. The Morgan fingerprint density at radius 1 is 1.28 bits per heavy atom. The highest BCUT2D eigenvalue weighted by molar-refractivity contribution is 6.31. The normalized spacial score (nSPS) is 10.6. The lowest BCUT2D eigenvalue weighted by molar-refractivity contribution is 0.0642. The first-order valence-corrected chi connectivity index (χ1v) is 6.19. The van der Waals surface area contributed by atoms with Gasteiger partial charge in [0.05, 0.1) is 19.8 Å². The van der Waals surface area contributed by atoms with E-state index in [2.05, 4.69) is 4.98 Å². The molecule has 1 aromatic heterocycles. The molecule has 0 spiro atoms. The Labute approximate surface area is 112 Å². The fourth-order valence-corrected chi connectivity index (χ4v) is 1.50. The minimum Gasteiger partial charge on any atom is -0.477 e. The summed E-state index contributed by atoms with van der Waals surface area (Å²) in [5.41, 5.74) is 6.37. The number of halogens is 1. The topological polar surface area (TPSA) is 66.6 Å². The van der Waals surface area contributed by atoms with Gasteiger partial charge in [0.15, 0.2) is 0 Å². The third-order valence-corrected chi connectivity index (χ3v) is 2.47. The van der Waals surface area contributed by atoms with Gasteiger partial charge in [-0.25, -0.2) is 4.98 Å². The van der Waals surface area contributed by atoms with Gasteiger partial charge in [0, 0.05) is 32.9 Å². The van der Waals surface area contributed by atoms with E-state index in [1.807, 2.05) is 0 Å². The van der Waals surface area contributed by atoms with E-state index in [1.165, 1.54) is 0 Å². The summed E-state index contributed by atoms with van der Waals surface area (Å²) >= 11 is 6.00. The van der Waals surface area contributed by atoms with E-state index in [-0.39, 0.29) is 0 Å². The van der Waals surface area contributed by atoms with E-state index < -0.39 is 0 Å². The standard InChI is InChI=1S/C12H19ClN2O3/c1-16-5-6-17-3-2-4-18-12-11(13)7-10(8-14)9-15-12/h7,9H,2-6,8,14H2,1H3. The third-order valence-electron chi connectivity index (χ3n) is 2.20. The van der Waals surface area contributed by atoms with Crippen molar-refractivity contribution in [2.75, 3.05) is 33.5 Å². The van der Waals surface area contributed by atoms with E-state index in [1.54, 1.807) is 19.4 Å². The van der Waals surface area contributed by atoms with Gasteiger partial charge in [0.25, 0.3) is 0 Å². The smallest absolute Gasteiger partial charge is 0.232 e. The summed E-state index contributed by atoms with van der Waals surface area (Å²) in [4.78, 5) is 4.10. The molecule has 6 heteroatoms. The maximum Gasteiger partial charge on any atom is 0.232 e.